The third-order valence-electron chi connectivity index (χ3n) is 3.32. The maximum Gasteiger partial charge on any atom is 0.234 e. The van der Waals surface area contributed by atoms with Crippen molar-refractivity contribution >= 4 is 27.4 Å². The fourth-order valence-electron chi connectivity index (χ4n) is 2.13. The van der Waals surface area contributed by atoms with E-state index in [0.717, 1.165) is 21.6 Å². The Bertz CT molecular complexity index is 919. The molecule has 2 heterocycles. The average Bonchev–Trinajstić information content (AvgIpc) is 3.14. The molecule has 122 valence electrons. The Morgan fingerprint density at radius 2 is 1.92 bits per heavy atom. The van der Waals surface area contributed by atoms with Crippen molar-refractivity contribution in [3.05, 3.63) is 82.8 Å². The van der Waals surface area contributed by atoms with Crippen molar-refractivity contribution in [1.82, 2.24) is 9.71 Å². The van der Waals surface area contributed by atoms with Gasteiger partial charge >= 0.3 is 0 Å². The van der Waals surface area contributed by atoms with Crippen LogP contribution >= 0.6 is 11.3 Å². The summed E-state index contributed by atoms with van der Waals surface area (Å²) in [5, 5.41) is 3.18. The summed E-state index contributed by atoms with van der Waals surface area (Å²) in [6, 6.07) is 15.2. The lowest BCUT2D eigenvalue weighted by Gasteiger charge is -2.05. The van der Waals surface area contributed by atoms with Crippen LogP contribution in [0, 0.1) is 0 Å². The number of benzene rings is 1. The van der Waals surface area contributed by atoms with Crippen molar-refractivity contribution in [2.45, 2.75) is 6.54 Å². The lowest BCUT2D eigenvalue weighted by Crippen LogP contribution is -2.20. The van der Waals surface area contributed by atoms with Gasteiger partial charge in [0.2, 0.25) is 10.0 Å². The summed E-state index contributed by atoms with van der Waals surface area (Å²) in [6.45, 7) is 0.202. The molecule has 0 amide bonds. The highest BCUT2D eigenvalue weighted by molar-refractivity contribution is 7.92. The zero-order chi connectivity index (χ0) is 16.8. The molecule has 6 heteroatoms. The Labute approximate surface area is 145 Å². The van der Waals surface area contributed by atoms with Crippen LogP contribution in [0.25, 0.3) is 16.5 Å². The molecule has 0 aliphatic heterocycles. The second-order valence-corrected chi connectivity index (χ2v) is 7.74. The molecule has 4 nitrogen and oxygen atoms in total. The van der Waals surface area contributed by atoms with Crippen molar-refractivity contribution in [2.24, 2.45) is 0 Å². The molecule has 0 spiro atoms. The third kappa shape index (κ3) is 4.61. The van der Waals surface area contributed by atoms with Crippen LogP contribution in [0.4, 0.5) is 0 Å². The van der Waals surface area contributed by atoms with Gasteiger partial charge in [-0.15, -0.1) is 11.3 Å². The standard InChI is InChI=1S/C18H16N2O2S2/c21-24(22,10-8-15-5-2-1-3-6-15)20-13-16-11-17(14-19-12-16)18-7-4-9-23-18/h1-12,14,20H,13H2/b10-8+. The normalized spacial score (nSPS) is 11.8. The number of thiophene rings is 1. The summed E-state index contributed by atoms with van der Waals surface area (Å²) in [6.07, 6.45) is 5.02. The molecule has 1 aromatic carbocycles. The van der Waals surface area contributed by atoms with Crippen LogP contribution in [-0.2, 0) is 16.6 Å². The molecule has 1 N–H and O–H groups in total. The van der Waals surface area contributed by atoms with E-state index < -0.39 is 10.0 Å². The van der Waals surface area contributed by atoms with Gasteiger partial charge in [-0.05, 0) is 34.7 Å². The van der Waals surface area contributed by atoms with E-state index in [0.29, 0.717) is 0 Å². The van der Waals surface area contributed by atoms with Crippen LogP contribution in [0.3, 0.4) is 0 Å². The number of nitrogens with zero attached hydrogens (tertiary/aromatic N) is 1. The number of rotatable bonds is 6. The van der Waals surface area contributed by atoms with Crippen molar-refractivity contribution < 1.29 is 8.42 Å². The van der Waals surface area contributed by atoms with Crippen molar-refractivity contribution in [1.29, 1.82) is 0 Å². The SMILES string of the molecule is O=S(=O)(/C=C/c1ccccc1)NCc1cncc(-c2cccs2)c1. The summed E-state index contributed by atoms with van der Waals surface area (Å²) in [5.74, 6) is 0. The largest absolute Gasteiger partial charge is 0.264 e. The maximum absolute atomic E-state index is 12.1. The molecular weight excluding hydrogens is 340 g/mol. The Morgan fingerprint density at radius 1 is 1.08 bits per heavy atom. The maximum atomic E-state index is 12.1. The summed E-state index contributed by atoms with van der Waals surface area (Å²) in [5.41, 5.74) is 2.64. The summed E-state index contributed by atoms with van der Waals surface area (Å²) in [4.78, 5) is 5.30. The monoisotopic (exact) mass is 356 g/mol. The highest BCUT2D eigenvalue weighted by Gasteiger charge is 2.07. The molecule has 0 fully saturated rings. The smallest absolute Gasteiger partial charge is 0.234 e. The Balaban J connectivity index is 1.67. The van der Waals surface area contributed by atoms with Gasteiger partial charge < -0.3 is 0 Å². The number of nitrogens with one attached hydrogen (secondary N) is 1. The van der Waals surface area contributed by atoms with E-state index in [9.17, 15) is 8.42 Å². The first-order valence-corrected chi connectivity index (χ1v) is 9.76. The Hall–Kier alpha value is -2.28. The van der Waals surface area contributed by atoms with Gasteiger partial charge in [-0.3, -0.25) is 4.98 Å². The van der Waals surface area contributed by atoms with Gasteiger partial charge in [-0.25, -0.2) is 13.1 Å². The second kappa shape index (κ2) is 7.53. The van der Waals surface area contributed by atoms with Crippen molar-refractivity contribution in [3.63, 3.8) is 0 Å². The molecule has 0 aliphatic carbocycles. The Morgan fingerprint density at radius 3 is 2.67 bits per heavy atom. The van der Waals surface area contributed by atoms with E-state index in [1.165, 1.54) is 5.41 Å². The zero-order valence-electron chi connectivity index (χ0n) is 12.8. The molecular formula is C18H16N2O2S2. The van der Waals surface area contributed by atoms with Gasteiger partial charge in [0.05, 0.1) is 0 Å². The van der Waals surface area contributed by atoms with Crippen LogP contribution in [-0.4, -0.2) is 13.4 Å². The van der Waals surface area contributed by atoms with E-state index in [-0.39, 0.29) is 6.54 Å². The number of hydrogen-bond acceptors (Lipinski definition) is 4. The molecule has 24 heavy (non-hydrogen) atoms. The quantitative estimate of drug-likeness (QED) is 0.729. The summed E-state index contributed by atoms with van der Waals surface area (Å²) >= 11 is 1.62. The van der Waals surface area contributed by atoms with Crippen LogP contribution in [0.5, 0.6) is 0 Å². The first kappa shape index (κ1) is 16.6. The molecule has 0 bridgehead atoms. The lowest BCUT2D eigenvalue weighted by molar-refractivity contribution is 0.590. The number of hydrogen-bond donors (Lipinski definition) is 1. The van der Waals surface area contributed by atoms with Crippen LogP contribution in [0.15, 0.2) is 71.7 Å². The fourth-order valence-corrected chi connectivity index (χ4v) is 3.64. The van der Waals surface area contributed by atoms with Crippen molar-refractivity contribution in [3.8, 4) is 10.4 Å². The van der Waals surface area contributed by atoms with Gasteiger partial charge in [0.25, 0.3) is 0 Å². The van der Waals surface area contributed by atoms with E-state index in [1.54, 1.807) is 29.8 Å². The molecule has 0 saturated heterocycles. The average molecular weight is 356 g/mol. The van der Waals surface area contributed by atoms with Gasteiger partial charge in [0.15, 0.2) is 0 Å². The van der Waals surface area contributed by atoms with Crippen LogP contribution in [0.2, 0.25) is 0 Å². The Kier molecular flexibility index (Phi) is 5.20. The van der Waals surface area contributed by atoms with E-state index in [1.807, 2.05) is 53.9 Å². The fraction of sp³-hybridized carbons (Fsp3) is 0.0556. The second-order valence-electron chi connectivity index (χ2n) is 5.14. The minimum atomic E-state index is -3.50. The molecule has 0 radical (unpaired) electrons. The van der Waals surface area contributed by atoms with E-state index >= 15 is 0 Å². The topological polar surface area (TPSA) is 59.1 Å². The van der Waals surface area contributed by atoms with Gasteiger partial charge in [-0.1, -0.05) is 36.4 Å². The summed E-state index contributed by atoms with van der Waals surface area (Å²) in [7, 11) is -3.50. The zero-order valence-corrected chi connectivity index (χ0v) is 14.4. The number of aromatic nitrogens is 1. The molecule has 0 unspecified atom stereocenters. The summed E-state index contributed by atoms with van der Waals surface area (Å²) < 4.78 is 26.7. The molecule has 3 aromatic rings. The molecule has 0 aliphatic rings. The highest BCUT2D eigenvalue weighted by Crippen LogP contribution is 2.24. The predicted molar refractivity (Wildman–Crippen MR) is 98.8 cm³/mol. The third-order valence-corrected chi connectivity index (χ3v) is 5.28. The predicted octanol–water partition coefficient (Wildman–Crippen LogP) is 3.90. The van der Waals surface area contributed by atoms with Crippen LogP contribution in [0.1, 0.15) is 11.1 Å². The van der Waals surface area contributed by atoms with Crippen LogP contribution < -0.4 is 4.72 Å². The van der Waals surface area contributed by atoms with Gasteiger partial charge in [-0.2, -0.15) is 0 Å². The number of pyridine rings is 1. The first-order valence-electron chi connectivity index (χ1n) is 7.33. The minimum Gasteiger partial charge on any atom is -0.264 e. The van der Waals surface area contributed by atoms with Gasteiger partial charge in [0.1, 0.15) is 0 Å². The molecule has 3 rings (SSSR count). The highest BCUT2D eigenvalue weighted by atomic mass is 32.2. The first-order chi connectivity index (χ1) is 11.6. The minimum absolute atomic E-state index is 0.202. The van der Waals surface area contributed by atoms with E-state index in [4.69, 9.17) is 0 Å². The van der Waals surface area contributed by atoms with Gasteiger partial charge in [0, 0.05) is 34.8 Å². The molecule has 2 aromatic heterocycles. The van der Waals surface area contributed by atoms with Crippen molar-refractivity contribution in [2.75, 3.05) is 0 Å². The molecule has 0 atom stereocenters. The molecule has 0 saturated carbocycles. The number of sulfonamides is 1. The lowest BCUT2D eigenvalue weighted by atomic mass is 10.2. The van der Waals surface area contributed by atoms with E-state index in [2.05, 4.69) is 9.71 Å².